The van der Waals surface area contributed by atoms with Gasteiger partial charge in [-0.25, -0.2) is 4.98 Å². The second kappa shape index (κ2) is 5.80. The van der Waals surface area contributed by atoms with Crippen molar-refractivity contribution in [3.63, 3.8) is 0 Å². The summed E-state index contributed by atoms with van der Waals surface area (Å²) in [6.07, 6.45) is 3.32. The van der Waals surface area contributed by atoms with Gasteiger partial charge in [0.25, 0.3) is 5.91 Å². The zero-order chi connectivity index (χ0) is 13.0. The van der Waals surface area contributed by atoms with Gasteiger partial charge in [0.2, 0.25) is 0 Å². The van der Waals surface area contributed by atoms with E-state index in [1.54, 1.807) is 12.4 Å². The SMILES string of the molecule is O=C(NCc1ccncc1)c1nc(Cl)ccc1Cl. The third kappa shape index (κ3) is 3.18. The van der Waals surface area contributed by atoms with Gasteiger partial charge in [-0.2, -0.15) is 0 Å². The Morgan fingerprint density at radius 2 is 1.89 bits per heavy atom. The Balaban J connectivity index is 2.06. The van der Waals surface area contributed by atoms with Crippen LogP contribution < -0.4 is 5.32 Å². The largest absolute Gasteiger partial charge is 0.347 e. The monoisotopic (exact) mass is 281 g/mol. The second-order valence-electron chi connectivity index (χ2n) is 3.50. The molecule has 0 fully saturated rings. The molecule has 0 saturated heterocycles. The van der Waals surface area contributed by atoms with E-state index >= 15 is 0 Å². The summed E-state index contributed by atoms with van der Waals surface area (Å²) in [5.41, 5.74) is 1.06. The molecule has 18 heavy (non-hydrogen) atoms. The molecule has 2 aromatic heterocycles. The lowest BCUT2D eigenvalue weighted by Gasteiger charge is -2.06. The Hall–Kier alpha value is -1.65. The standard InChI is InChI=1S/C12H9Cl2N3O/c13-9-1-2-10(14)17-11(9)12(18)16-7-8-3-5-15-6-4-8/h1-6H,7H2,(H,16,18). The van der Waals surface area contributed by atoms with Crippen molar-refractivity contribution in [1.82, 2.24) is 15.3 Å². The van der Waals surface area contributed by atoms with Crippen LogP contribution in [-0.4, -0.2) is 15.9 Å². The number of pyridine rings is 2. The van der Waals surface area contributed by atoms with Crippen LogP contribution in [0.1, 0.15) is 16.1 Å². The van der Waals surface area contributed by atoms with Crippen LogP contribution >= 0.6 is 23.2 Å². The highest BCUT2D eigenvalue weighted by atomic mass is 35.5. The van der Waals surface area contributed by atoms with Gasteiger partial charge in [0.15, 0.2) is 0 Å². The fourth-order valence-electron chi connectivity index (χ4n) is 1.34. The number of amides is 1. The van der Waals surface area contributed by atoms with Gasteiger partial charge < -0.3 is 5.32 Å². The van der Waals surface area contributed by atoms with Crippen molar-refractivity contribution < 1.29 is 4.79 Å². The van der Waals surface area contributed by atoms with E-state index in [0.717, 1.165) is 5.56 Å². The van der Waals surface area contributed by atoms with Crippen LogP contribution in [0.15, 0.2) is 36.7 Å². The Labute approximate surface area is 114 Å². The lowest BCUT2D eigenvalue weighted by atomic mass is 10.2. The van der Waals surface area contributed by atoms with Crippen molar-refractivity contribution in [3.8, 4) is 0 Å². The Kier molecular flexibility index (Phi) is 4.12. The molecule has 0 saturated carbocycles. The first kappa shape index (κ1) is 12.8. The molecule has 4 nitrogen and oxygen atoms in total. The first-order chi connectivity index (χ1) is 8.66. The summed E-state index contributed by atoms with van der Waals surface area (Å²) < 4.78 is 0. The average Bonchev–Trinajstić information content (AvgIpc) is 2.40. The van der Waals surface area contributed by atoms with Crippen molar-refractivity contribution >= 4 is 29.1 Å². The third-order valence-corrected chi connectivity index (χ3v) is 2.75. The highest BCUT2D eigenvalue weighted by Gasteiger charge is 2.12. The summed E-state index contributed by atoms with van der Waals surface area (Å²) in [5.74, 6) is -0.362. The first-order valence-electron chi connectivity index (χ1n) is 5.16. The maximum Gasteiger partial charge on any atom is 0.271 e. The summed E-state index contributed by atoms with van der Waals surface area (Å²) in [7, 11) is 0. The van der Waals surface area contributed by atoms with Crippen molar-refractivity contribution in [2.45, 2.75) is 6.54 Å². The molecule has 6 heteroatoms. The minimum atomic E-state index is -0.362. The van der Waals surface area contributed by atoms with E-state index in [0.29, 0.717) is 6.54 Å². The molecule has 1 amide bonds. The normalized spacial score (nSPS) is 10.1. The average molecular weight is 282 g/mol. The maximum absolute atomic E-state index is 11.9. The number of aromatic nitrogens is 2. The van der Waals surface area contributed by atoms with E-state index in [4.69, 9.17) is 23.2 Å². The predicted octanol–water partition coefficient (Wildman–Crippen LogP) is 2.71. The van der Waals surface area contributed by atoms with Gasteiger partial charge in [-0.1, -0.05) is 23.2 Å². The number of hydrogen-bond acceptors (Lipinski definition) is 3. The molecule has 0 aliphatic rings. The van der Waals surface area contributed by atoms with Gasteiger partial charge in [0.05, 0.1) is 5.02 Å². The number of carbonyl (C=O) groups excluding carboxylic acids is 1. The van der Waals surface area contributed by atoms with E-state index < -0.39 is 0 Å². The van der Waals surface area contributed by atoms with Crippen LogP contribution in [0.5, 0.6) is 0 Å². The quantitative estimate of drug-likeness (QED) is 0.881. The molecule has 0 bridgehead atoms. The number of rotatable bonds is 3. The zero-order valence-corrected chi connectivity index (χ0v) is 10.7. The molecular formula is C12H9Cl2N3O. The molecule has 0 unspecified atom stereocenters. The molecule has 0 aromatic carbocycles. The molecule has 92 valence electrons. The topological polar surface area (TPSA) is 54.9 Å². The fourth-order valence-corrected chi connectivity index (χ4v) is 1.68. The van der Waals surface area contributed by atoms with Gasteiger partial charge >= 0.3 is 0 Å². The molecule has 0 aliphatic carbocycles. The van der Waals surface area contributed by atoms with Crippen molar-refractivity contribution in [2.24, 2.45) is 0 Å². The van der Waals surface area contributed by atoms with Crippen LogP contribution in [0.2, 0.25) is 10.2 Å². The fraction of sp³-hybridized carbons (Fsp3) is 0.0833. The van der Waals surface area contributed by atoms with Crippen molar-refractivity contribution in [3.05, 3.63) is 58.1 Å². The number of nitrogens with one attached hydrogen (secondary N) is 1. The number of carbonyl (C=O) groups is 1. The van der Waals surface area contributed by atoms with E-state index in [9.17, 15) is 4.79 Å². The number of hydrogen-bond donors (Lipinski definition) is 1. The maximum atomic E-state index is 11.9. The lowest BCUT2D eigenvalue weighted by molar-refractivity contribution is 0.0946. The van der Waals surface area contributed by atoms with Gasteiger partial charge in [-0.15, -0.1) is 0 Å². The molecule has 1 N–H and O–H groups in total. The van der Waals surface area contributed by atoms with E-state index in [-0.39, 0.29) is 21.8 Å². The van der Waals surface area contributed by atoms with Crippen LogP contribution in [-0.2, 0) is 6.54 Å². The van der Waals surface area contributed by atoms with E-state index in [1.807, 2.05) is 12.1 Å². The Morgan fingerprint density at radius 3 is 2.61 bits per heavy atom. The summed E-state index contributed by atoms with van der Waals surface area (Å²) in [5, 5.41) is 3.21. The molecular weight excluding hydrogens is 273 g/mol. The highest BCUT2D eigenvalue weighted by Crippen LogP contribution is 2.16. The van der Waals surface area contributed by atoms with Crippen LogP contribution in [0.4, 0.5) is 0 Å². The predicted molar refractivity (Wildman–Crippen MR) is 69.7 cm³/mol. The minimum Gasteiger partial charge on any atom is -0.347 e. The molecule has 0 spiro atoms. The molecule has 2 heterocycles. The van der Waals surface area contributed by atoms with Crippen molar-refractivity contribution in [2.75, 3.05) is 0 Å². The van der Waals surface area contributed by atoms with Crippen LogP contribution in [0, 0.1) is 0 Å². The molecule has 2 aromatic rings. The lowest BCUT2D eigenvalue weighted by Crippen LogP contribution is -2.24. The van der Waals surface area contributed by atoms with Crippen molar-refractivity contribution in [1.29, 1.82) is 0 Å². The van der Waals surface area contributed by atoms with E-state index in [1.165, 1.54) is 12.1 Å². The minimum absolute atomic E-state index is 0.123. The van der Waals surface area contributed by atoms with Gasteiger partial charge in [0, 0.05) is 18.9 Å². The summed E-state index contributed by atoms with van der Waals surface area (Å²) in [4.78, 5) is 19.6. The zero-order valence-electron chi connectivity index (χ0n) is 9.23. The van der Waals surface area contributed by atoms with Crippen LogP contribution in [0.3, 0.4) is 0 Å². The summed E-state index contributed by atoms with van der Waals surface area (Å²) in [6.45, 7) is 0.381. The molecule has 0 radical (unpaired) electrons. The Morgan fingerprint density at radius 1 is 1.17 bits per heavy atom. The third-order valence-electron chi connectivity index (χ3n) is 2.23. The smallest absolute Gasteiger partial charge is 0.271 e. The highest BCUT2D eigenvalue weighted by molar-refractivity contribution is 6.34. The molecule has 0 atom stereocenters. The number of halogens is 2. The van der Waals surface area contributed by atoms with E-state index in [2.05, 4.69) is 15.3 Å². The Bertz CT molecular complexity index is 561. The van der Waals surface area contributed by atoms with Gasteiger partial charge in [0.1, 0.15) is 10.8 Å². The summed E-state index contributed by atoms with van der Waals surface area (Å²) >= 11 is 11.6. The summed E-state index contributed by atoms with van der Waals surface area (Å²) in [6, 6.07) is 6.70. The molecule has 2 rings (SSSR count). The van der Waals surface area contributed by atoms with Crippen LogP contribution in [0.25, 0.3) is 0 Å². The number of nitrogens with zero attached hydrogens (tertiary/aromatic N) is 2. The molecule has 0 aliphatic heterocycles. The first-order valence-corrected chi connectivity index (χ1v) is 5.91. The van der Waals surface area contributed by atoms with Gasteiger partial charge in [-0.3, -0.25) is 9.78 Å². The second-order valence-corrected chi connectivity index (χ2v) is 4.30. The van der Waals surface area contributed by atoms with Gasteiger partial charge in [-0.05, 0) is 29.8 Å².